The largest absolute Gasteiger partial charge is 0.436 e. The maximum absolute atomic E-state index is 14.3. The highest BCUT2D eigenvalue weighted by molar-refractivity contribution is 5.87. The highest BCUT2D eigenvalue weighted by atomic mass is 19.4. The number of aryl methyl sites for hydroxylation is 2. The second-order valence-electron chi connectivity index (χ2n) is 13.8. The predicted molar refractivity (Wildman–Crippen MR) is 191 cm³/mol. The highest BCUT2D eigenvalue weighted by Crippen LogP contribution is 2.42. The number of nitrogens with zero attached hydrogens (tertiary/aromatic N) is 3. The third kappa shape index (κ3) is 6.14. The van der Waals surface area contributed by atoms with Crippen molar-refractivity contribution in [1.29, 1.82) is 0 Å². The summed E-state index contributed by atoms with van der Waals surface area (Å²) in [4.78, 5) is 4.58. The summed E-state index contributed by atoms with van der Waals surface area (Å²) in [5.41, 5.74) is 7.03. The van der Waals surface area contributed by atoms with Gasteiger partial charge in [0.25, 0.3) is 5.82 Å². The van der Waals surface area contributed by atoms with Gasteiger partial charge in [-0.25, -0.2) is 9.55 Å². The van der Waals surface area contributed by atoms with Crippen molar-refractivity contribution in [1.82, 2.24) is 9.55 Å². The summed E-state index contributed by atoms with van der Waals surface area (Å²) in [5, 5.41) is 0. The number of fused-ring (bicyclic) bond motifs is 2. The molecule has 0 aliphatic rings. The highest BCUT2D eigenvalue weighted by Gasteiger charge is 2.37. The first kappa shape index (κ1) is 35.0. The minimum atomic E-state index is -4.57. The summed E-state index contributed by atoms with van der Waals surface area (Å²) >= 11 is 0. The van der Waals surface area contributed by atoms with Crippen molar-refractivity contribution >= 4 is 22.1 Å². The van der Waals surface area contributed by atoms with E-state index in [1.807, 2.05) is 65.6 Å². The number of oxazole rings is 1. The van der Waals surface area contributed by atoms with Gasteiger partial charge in [0.1, 0.15) is 11.2 Å². The Labute approximate surface area is 297 Å². The fourth-order valence-electron chi connectivity index (χ4n) is 6.93. The smallest absolute Gasteiger partial charge is 0.416 e. The molecule has 0 saturated heterocycles. The van der Waals surface area contributed by atoms with Crippen LogP contribution in [0.5, 0.6) is 0 Å². The van der Waals surface area contributed by atoms with E-state index in [9.17, 15) is 26.3 Å². The zero-order valence-corrected chi connectivity index (χ0v) is 29.4. The second-order valence-corrected chi connectivity index (χ2v) is 13.8. The van der Waals surface area contributed by atoms with Gasteiger partial charge in [-0.15, -0.1) is 0 Å². The molecule has 5 aromatic carbocycles. The van der Waals surface area contributed by atoms with E-state index in [0.29, 0.717) is 39.1 Å². The van der Waals surface area contributed by atoms with Crippen LogP contribution < -0.4 is 4.57 Å². The average Bonchev–Trinajstić information content (AvgIpc) is 3.64. The van der Waals surface area contributed by atoms with Gasteiger partial charge in [0.15, 0.2) is 16.6 Å². The Hall–Kier alpha value is -5.38. The Morgan fingerprint density at radius 1 is 0.673 bits per heavy atom. The number of alkyl halides is 6. The lowest BCUT2D eigenvalue weighted by atomic mass is 9.88. The molecule has 266 valence electrons. The molecule has 2 aromatic heterocycles. The van der Waals surface area contributed by atoms with E-state index < -0.39 is 23.5 Å². The normalized spacial score (nSPS) is 12.6. The van der Waals surface area contributed by atoms with Gasteiger partial charge in [-0.3, -0.25) is 0 Å². The summed E-state index contributed by atoms with van der Waals surface area (Å²) in [5.74, 6) is 0.793. The van der Waals surface area contributed by atoms with Gasteiger partial charge in [0, 0.05) is 22.8 Å². The summed E-state index contributed by atoms with van der Waals surface area (Å²) in [6.07, 6.45) is -9.04. The number of rotatable bonds is 6. The van der Waals surface area contributed by atoms with Crippen molar-refractivity contribution in [2.45, 2.75) is 58.8 Å². The molecule has 0 saturated carbocycles. The summed E-state index contributed by atoms with van der Waals surface area (Å²) in [7, 11) is 1.83. The minimum absolute atomic E-state index is 0.00158. The number of hydrogen-bond acceptors (Lipinski definition) is 2. The van der Waals surface area contributed by atoms with Crippen molar-refractivity contribution in [3.63, 3.8) is 0 Å². The lowest BCUT2D eigenvalue weighted by molar-refractivity contribution is -0.633. The van der Waals surface area contributed by atoms with Crippen LogP contribution in [0.25, 0.3) is 61.8 Å². The Morgan fingerprint density at radius 2 is 1.27 bits per heavy atom. The first-order chi connectivity index (χ1) is 24.5. The lowest BCUT2D eigenvalue weighted by Gasteiger charge is -2.21. The molecule has 0 amide bonds. The van der Waals surface area contributed by atoms with E-state index in [1.54, 1.807) is 0 Å². The van der Waals surface area contributed by atoms with Crippen LogP contribution in [-0.2, 0) is 19.4 Å². The molecule has 0 radical (unpaired) electrons. The standard InChI is InChI=1S/C42H36F6N3O/c1-23(2)31-19-28(26-10-8-7-9-11-26)20-32(24(3)4)38(31)51-36-21-30(42(46,47)48)16-17-35(36)50(6)40(51)33-22-37-34(18-25(33)5)49-39(52-37)27-12-14-29(15-13-27)41(43,44)45/h7-24H,1-6H3/q+1. The molecular formula is C42H36F6N3O+. The number of hydrogen-bond donors (Lipinski definition) is 0. The van der Waals surface area contributed by atoms with Crippen LogP contribution >= 0.6 is 0 Å². The molecule has 7 rings (SSSR count). The summed E-state index contributed by atoms with van der Waals surface area (Å²) < 4.78 is 92.6. The average molecular weight is 713 g/mol. The second kappa shape index (κ2) is 12.7. The third-order valence-corrected chi connectivity index (χ3v) is 9.61. The Bertz CT molecular complexity index is 2420. The Kier molecular flexibility index (Phi) is 8.55. The van der Waals surface area contributed by atoms with Crippen molar-refractivity contribution in [3.05, 3.63) is 125 Å². The molecule has 0 unspecified atom stereocenters. The summed E-state index contributed by atoms with van der Waals surface area (Å²) in [6.45, 7) is 10.2. The zero-order chi connectivity index (χ0) is 37.3. The van der Waals surface area contributed by atoms with Gasteiger partial charge in [0.2, 0.25) is 5.89 Å². The molecule has 52 heavy (non-hydrogen) atoms. The molecular weight excluding hydrogens is 676 g/mol. The molecule has 10 heteroatoms. The molecule has 0 bridgehead atoms. The quantitative estimate of drug-likeness (QED) is 0.127. The fourth-order valence-corrected chi connectivity index (χ4v) is 6.93. The Morgan fingerprint density at radius 3 is 1.85 bits per heavy atom. The molecule has 0 atom stereocenters. The van der Waals surface area contributed by atoms with E-state index in [1.165, 1.54) is 24.3 Å². The van der Waals surface area contributed by atoms with Crippen LogP contribution in [0.3, 0.4) is 0 Å². The van der Waals surface area contributed by atoms with Crippen LogP contribution in [0, 0.1) is 6.92 Å². The molecule has 2 heterocycles. The third-order valence-electron chi connectivity index (χ3n) is 9.61. The number of imidazole rings is 1. The molecule has 7 aromatic rings. The van der Waals surface area contributed by atoms with Gasteiger partial charge in [-0.05, 0) is 96.1 Å². The van der Waals surface area contributed by atoms with Gasteiger partial charge >= 0.3 is 12.4 Å². The van der Waals surface area contributed by atoms with E-state index in [2.05, 4.69) is 44.8 Å². The van der Waals surface area contributed by atoms with Crippen molar-refractivity contribution in [3.8, 4) is 39.7 Å². The number of benzene rings is 5. The lowest BCUT2D eigenvalue weighted by Crippen LogP contribution is -2.30. The van der Waals surface area contributed by atoms with Gasteiger partial charge in [0.05, 0.1) is 23.7 Å². The van der Waals surface area contributed by atoms with Crippen LogP contribution in [0.4, 0.5) is 26.3 Å². The van der Waals surface area contributed by atoms with Gasteiger partial charge < -0.3 is 4.42 Å². The number of aromatic nitrogens is 3. The predicted octanol–water partition coefficient (Wildman–Crippen LogP) is 12.2. The van der Waals surface area contributed by atoms with Crippen LogP contribution in [0.2, 0.25) is 0 Å². The number of halogens is 6. The van der Waals surface area contributed by atoms with Crippen LogP contribution in [0.1, 0.15) is 67.3 Å². The van der Waals surface area contributed by atoms with E-state index in [-0.39, 0.29) is 17.7 Å². The molecule has 0 fully saturated rings. The maximum Gasteiger partial charge on any atom is 0.416 e. The van der Waals surface area contributed by atoms with Crippen LogP contribution in [-0.4, -0.2) is 9.55 Å². The topological polar surface area (TPSA) is 34.8 Å². The maximum atomic E-state index is 14.3. The SMILES string of the molecule is Cc1cc2nc(-c3ccc(C(F)(F)F)cc3)oc2cc1-c1n(-c2c(C(C)C)cc(-c3ccccc3)cc2C(C)C)c2cc(C(F)(F)F)ccc2[n+]1C. The first-order valence-corrected chi connectivity index (χ1v) is 17.0. The first-order valence-electron chi connectivity index (χ1n) is 17.0. The van der Waals surface area contributed by atoms with Crippen molar-refractivity contribution in [2.75, 3.05) is 0 Å². The Balaban J connectivity index is 1.53. The molecule has 0 aliphatic heterocycles. The summed E-state index contributed by atoms with van der Waals surface area (Å²) in [6, 6.07) is 26.3. The van der Waals surface area contributed by atoms with E-state index >= 15 is 0 Å². The van der Waals surface area contributed by atoms with Gasteiger partial charge in [-0.1, -0.05) is 58.0 Å². The molecule has 0 aliphatic carbocycles. The van der Waals surface area contributed by atoms with E-state index in [0.717, 1.165) is 51.7 Å². The van der Waals surface area contributed by atoms with E-state index in [4.69, 9.17) is 4.42 Å². The molecule has 4 nitrogen and oxygen atoms in total. The van der Waals surface area contributed by atoms with Crippen molar-refractivity contribution < 1.29 is 35.3 Å². The molecule has 0 spiro atoms. The minimum Gasteiger partial charge on any atom is -0.436 e. The van der Waals surface area contributed by atoms with Gasteiger partial charge in [-0.2, -0.15) is 30.9 Å². The monoisotopic (exact) mass is 712 g/mol. The molecule has 0 N–H and O–H groups in total. The fraction of sp³-hybridized carbons (Fsp3) is 0.238. The van der Waals surface area contributed by atoms with Crippen molar-refractivity contribution in [2.24, 2.45) is 7.05 Å². The zero-order valence-electron chi connectivity index (χ0n) is 29.4. The van der Waals surface area contributed by atoms with Crippen LogP contribution in [0.15, 0.2) is 101 Å².